The van der Waals surface area contributed by atoms with Crippen molar-refractivity contribution in [3.05, 3.63) is 24.2 Å². The summed E-state index contributed by atoms with van der Waals surface area (Å²) in [6.07, 6.45) is 7.82. The smallest absolute Gasteiger partial charge is 0.203 e. The first-order valence-electron chi connectivity index (χ1n) is 7.55. The van der Waals surface area contributed by atoms with E-state index in [0.717, 1.165) is 22.9 Å². The quantitative estimate of drug-likeness (QED) is 0.416. The number of quaternary nitrogens is 1. The minimum Gasteiger partial charge on any atom is -1.00 e. The van der Waals surface area contributed by atoms with Gasteiger partial charge in [0.2, 0.25) is 5.78 Å². The number of carbonyl (C=O) groups is 1. The van der Waals surface area contributed by atoms with Crippen LogP contribution in [0, 0.1) is 11.8 Å². The number of rotatable bonds is 4. The Hall–Kier alpha value is -0.360. The van der Waals surface area contributed by atoms with Crippen LogP contribution >= 0.6 is 0 Å². The van der Waals surface area contributed by atoms with Crippen molar-refractivity contribution < 1.29 is 37.7 Å². The number of nitrogens with zero attached hydrogens (tertiary/aromatic N) is 1. The van der Waals surface area contributed by atoms with E-state index in [1.807, 2.05) is 0 Å². The first kappa shape index (κ1) is 16.0. The second-order valence-electron chi connectivity index (χ2n) is 6.75. The molecule has 1 aliphatic carbocycles. The zero-order chi connectivity index (χ0) is 13.3. The largest absolute Gasteiger partial charge is 1.00 e. The van der Waals surface area contributed by atoms with Gasteiger partial charge in [0.25, 0.3) is 0 Å². The molecule has 3 aliphatic rings. The molecule has 2 bridgehead atoms. The van der Waals surface area contributed by atoms with Gasteiger partial charge >= 0.3 is 0 Å². The molecular weight excluding hydrogens is 365 g/mol. The highest BCUT2D eigenvalue weighted by atomic mass is 127. The molecule has 0 amide bonds. The van der Waals surface area contributed by atoms with Gasteiger partial charge < -0.3 is 32.9 Å². The van der Waals surface area contributed by atoms with Crippen molar-refractivity contribution >= 4 is 5.78 Å². The zero-order valence-electron chi connectivity index (χ0n) is 12.2. The molecule has 20 heavy (non-hydrogen) atoms. The monoisotopic (exact) mass is 389 g/mol. The van der Waals surface area contributed by atoms with E-state index in [4.69, 9.17) is 4.42 Å². The average molecular weight is 389 g/mol. The number of hydrogen-bond acceptors (Lipinski definition) is 2. The average Bonchev–Trinajstić information content (AvgIpc) is 2.82. The van der Waals surface area contributed by atoms with Crippen LogP contribution in [0.15, 0.2) is 22.8 Å². The normalized spacial score (nSPS) is 32.5. The fourth-order valence-electron chi connectivity index (χ4n) is 4.03. The summed E-state index contributed by atoms with van der Waals surface area (Å²) >= 11 is 0. The maximum absolute atomic E-state index is 12.1. The molecule has 0 atom stereocenters. The maximum Gasteiger partial charge on any atom is 0.203 e. The number of halogens is 1. The number of carbonyl (C=O) groups excluding carboxylic acids is 1. The second-order valence-corrected chi connectivity index (χ2v) is 6.75. The molecule has 1 aromatic rings. The van der Waals surface area contributed by atoms with E-state index in [1.165, 1.54) is 38.8 Å². The molecule has 4 heteroatoms. The van der Waals surface area contributed by atoms with Crippen molar-refractivity contribution in [2.24, 2.45) is 11.8 Å². The summed E-state index contributed by atoms with van der Waals surface area (Å²) in [5.74, 6) is 2.45. The summed E-state index contributed by atoms with van der Waals surface area (Å²) in [5, 5.41) is 0. The number of hydrogen-bond donors (Lipinski definition) is 0. The molecule has 3 heterocycles. The molecule has 1 aromatic heterocycles. The van der Waals surface area contributed by atoms with Gasteiger partial charge in [-0.1, -0.05) is 0 Å². The molecule has 2 saturated heterocycles. The topological polar surface area (TPSA) is 30.2 Å². The fraction of sp³-hybridized carbons (Fsp3) is 0.688. The lowest BCUT2D eigenvalue weighted by Gasteiger charge is -2.35. The number of Topliss-reactive ketones (excluding diaryl/α,β-unsaturated/α-hetero) is 1. The van der Waals surface area contributed by atoms with Crippen LogP contribution in [0.5, 0.6) is 0 Å². The van der Waals surface area contributed by atoms with E-state index < -0.39 is 0 Å². The van der Waals surface area contributed by atoms with Gasteiger partial charge in [0, 0.05) is 11.8 Å². The molecular formula is C16H24INO2. The highest BCUT2D eigenvalue weighted by Crippen LogP contribution is 2.36. The third-order valence-corrected chi connectivity index (χ3v) is 5.04. The lowest BCUT2D eigenvalue weighted by Crippen LogP contribution is -3.00. The molecule has 4 rings (SSSR count). The number of furan rings is 1. The van der Waals surface area contributed by atoms with Gasteiger partial charge in [-0.3, -0.25) is 4.79 Å². The molecule has 3 nitrogen and oxygen atoms in total. The predicted molar refractivity (Wildman–Crippen MR) is 73.9 cm³/mol. The van der Waals surface area contributed by atoms with Crippen molar-refractivity contribution in [2.45, 2.75) is 32.1 Å². The Morgan fingerprint density at radius 3 is 2.35 bits per heavy atom. The Kier molecular flexibility index (Phi) is 5.29. The first-order valence-corrected chi connectivity index (χ1v) is 7.55. The molecule has 0 aromatic carbocycles. The lowest BCUT2D eigenvalue weighted by atomic mass is 9.84. The summed E-state index contributed by atoms with van der Waals surface area (Å²) in [6.45, 7) is 3.50. The predicted octanol–water partition coefficient (Wildman–Crippen LogP) is 0.123. The van der Waals surface area contributed by atoms with E-state index in [2.05, 4.69) is 7.05 Å². The van der Waals surface area contributed by atoms with Crippen LogP contribution < -0.4 is 24.0 Å². The van der Waals surface area contributed by atoms with Crippen LogP contribution in [-0.2, 0) is 0 Å². The standard InChI is InChI=1S/C16H24NO2.HI/c1-17(9-8-15(18)16-3-2-10-19-16)11-13-4-5-14(12-17)7-6-13;/h2-3,10,13-14H,4-9,11-12H2,1H3;1H/q+1;/p-1. The van der Waals surface area contributed by atoms with E-state index in [0.29, 0.717) is 12.2 Å². The lowest BCUT2D eigenvalue weighted by molar-refractivity contribution is -0.912. The van der Waals surface area contributed by atoms with Crippen LogP contribution in [0.25, 0.3) is 0 Å². The first-order chi connectivity index (χ1) is 9.15. The fourth-order valence-corrected chi connectivity index (χ4v) is 4.03. The van der Waals surface area contributed by atoms with Crippen molar-refractivity contribution in [3.63, 3.8) is 0 Å². The maximum atomic E-state index is 12.1. The van der Waals surface area contributed by atoms with Gasteiger partial charge in [0.05, 0.1) is 39.4 Å². The molecule has 0 radical (unpaired) electrons. The molecule has 1 saturated carbocycles. The van der Waals surface area contributed by atoms with E-state index in [9.17, 15) is 4.79 Å². The Labute approximate surface area is 138 Å². The van der Waals surface area contributed by atoms with Crippen molar-refractivity contribution in [3.8, 4) is 0 Å². The summed E-state index contributed by atoms with van der Waals surface area (Å²) in [5.41, 5.74) is 0. The third kappa shape index (κ3) is 3.64. The van der Waals surface area contributed by atoms with Crippen LogP contribution in [0.2, 0.25) is 0 Å². The van der Waals surface area contributed by atoms with Crippen LogP contribution in [0.4, 0.5) is 0 Å². The molecule has 112 valence electrons. The molecule has 0 unspecified atom stereocenters. The number of fused-ring (bicyclic) bond motifs is 4. The Balaban J connectivity index is 0.00000147. The van der Waals surface area contributed by atoms with Gasteiger partial charge in [-0.05, 0) is 37.8 Å². The minimum atomic E-state index is 0. The Morgan fingerprint density at radius 1 is 1.25 bits per heavy atom. The van der Waals surface area contributed by atoms with Gasteiger partial charge in [0.1, 0.15) is 0 Å². The van der Waals surface area contributed by atoms with Crippen molar-refractivity contribution in [1.29, 1.82) is 0 Å². The van der Waals surface area contributed by atoms with E-state index in [1.54, 1.807) is 18.4 Å². The minimum absolute atomic E-state index is 0. The van der Waals surface area contributed by atoms with Gasteiger partial charge in [0.15, 0.2) is 5.76 Å². The van der Waals surface area contributed by atoms with Crippen LogP contribution in [-0.4, -0.2) is 36.9 Å². The summed E-state index contributed by atoms with van der Waals surface area (Å²) < 4.78 is 6.28. The van der Waals surface area contributed by atoms with Crippen LogP contribution in [0.1, 0.15) is 42.7 Å². The molecule has 2 aliphatic heterocycles. The van der Waals surface area contributed by atoms with Gasteiger partial charge in [-0.25, -0.2) is 0 Å². The second kappa shape index (κ2) is 6.60. The van der Waals surface area contributed by atoms with Crippen LogP contribution in [0.3, 0.4) is 0 Å². The SMILES string of the molecule is C[N+]1(CCC(=O)c2ccco2)CC2CCC(CC2)C1.[I-]. The van der Waals surface area contributed by atoms with E-state index in [-0.39, 0.29) is 29.8 Å². The highest BCUT2D eigenvalue weighted by Gasteiger charge is 2.37. The number of ketones is 1. The van der Waals surface area contributed by atoms with Crippen molar-refractivity contribution in [2.75, 3.05) is 26.7 Å². The van der Waals surface area contributed by atoms with Gasteiger partial charge in [-0.2, -0.15) is 0 Å². The van der Waals surface area contributed by atoms with E-state index >= 15 is 0 Å². The highest BCUT2D eigenvalue weighted by molar-refractivity contribution is 5.93. The summed E-state index contributed by atoms with van der Waals surface area (Å²) in [6, 6.07) is 3.56. The Morgan fingerprint density at radius 2 is 1.85 bits per heavy atom. The molecule has 0 spiro atoms. The molecule has 3 fully saturated rings. The zero-order valence-corrected chi connectivity index (χ0v) is 14.3. The third-order valence-electron chi connectivity index (χ3n) is 5.04. The molecule has 0 N–H and O–H groups in total. The van der Waals surface area contributed by atoms with Gasteiger partial charge in [-0.15, -0.1) is 0 Å². The summed E-state index contributed by atoms with van der Waals surface area (Å²) in [4.78, 5) is 12.1. The summed E-state index contributed by atoms with van der Waals surface area (Å²) in [7, 11) is 2.34. The van der Waals surface area contributed by atoms with Crippen molar-refractivity contribution in [1.82, 2.24) is 0 Å². The Bertz CT molecular complexity index is 421.